The molecule has 0 bridgehead atoms. The Morgan fingerprint density at radius 1 is 1.29 bits per heavy atom. The molecule has 0 atom stereocenters. The van der Waals surface area contributed by atoms with Crippen molar-refractivity contribution in [2.75, 3.05) is 0 Å². The Morgan fingerprint density at radius 2 is 1.71 bits per heavy atom. The molecule has 0 aromatic rings. The fraction of sp³-hybridized carbons (Fsp3) is 0. The van der Waals surface area contributed by atoms with Gasteiger partial charge in [0.2, 0.25) is 0 Å². The molecule has 0 aliphatic heterocycles. The monoisotopic (exact) mass is 161 g/mol. The van der Waals surface area contributed by atoms with E-state index in [-0.39, 0.29) is 0 Å². The first-order valence-electron chi connectivity index (χ1n) is 1.81. The summed E-state index contributed by atoms with van der Waals surface area (Å²) in [7, 11) is 0. The van der Waals surface area contributed by atoms with Gasteiger partial charge in [-0.1, -0.05) is 0 Å². The van der Waals surface area contributed by atoms with Gasteiger partial charge in [0.15, 0.2) is 0 Å². The van der Waals surface area contributed by atoms with Crippen LogP contribution in [-0.4, -0.2) is 65.0 Å². The molecule has 0 unspecified atom stereocenters. The maximum atomic E-state index is 4.92. The van der Waals surface area contributed by atoms with Crippen LogP contribution in [0.15, 0.2) is 0 Å². The maximum Gasteiger partial charge on any atom is 0.810 e. The summed E-state index contributed by atoms with van der Waals surface area (Å²) in [4.78, 5) is 0. The van der Waals surface area contributed by atoms with Crippen LogP contribution in [0.1, 0.15) is 0 Å². The summed E-state index contributed by atoms with van der Waals surface area (Å²) in [6, 6.07) is 0. The molecule has 0 N–H and O–H groups in total. The van der Waals surface area contributed by atoms with E-state index in [2.05, 4.69) is 0 Å². The summed E-state index contributed by atoms with van der Waals surface area (Å²) < 4.78 is 14.7. The van der Waals surface area contributed by atoms with E-state index < -0.39 is 15.1 Å². The van der Waals surface area contributed by atoms with Gasteiger partial charge < -0.3 is 8.52 Å². The van der Waals surface area contributed by atoms with E-state index in [0.717, 1.165) is 33.2 Å². The molecule has 0 aliphatic rings. The molecular formula is H5Al4O3. The Balaban J connectivity index is 2.99. The molecule has 0 fully saturated rings. The quantitative estimate of drug-likeness (QED) is 0.411. The van der Waals surface area contributed by atoms with Crippen molar-refractivity contribution < 1.29 is 8.52 Å². The molecule has 0 aliphatic carbocycles. The van der Waals surface area contributed by atoms with Crippen molar-refractivity contribution in [3.63, 3.8) is 0 Å². The summed E-state index contributed by atoms with van der Waals surface area (Å²) >= 11 is 1.37. The van der Waals surface area contributed by atoms with E-state index in [1.807, 2.05) is 0 Å². The zero-order chi connectivity index (χ0) is 5.70. The van der Waals surface area contributed by atoms with E-state index in [0.29, 0.717) is 0 Å². The van der Waals surface area contributed by atoms with Gasteiger partial charge in [-0.2, -0.15) is 0 Å². The zero-order valence-electron chi connectivity index (χ0n) is 4.51. The molecule has 0 amide bonds. The van der Waals surface area contributed by atoms with Gasteiger partial charge in [0.1, 0.15) is 0 Å². The molecule has 0 aromatic carbocycles. The smallest absolute Gasteiger partial charge is 0.601 e. The first-order valence-corrected chi connectivity index (χ1v) is 5.44. The summed E-state index contributed by atoms with van der Waals surface area (Å²) in [5.41, 5.74) is 0. The van der Waals surface area contributed by atoms with Crippen LogP contribution >= 0.6 is 0 Å². The molecule has 0 saturated heterocycles. The van der Waals surface area contributed by atoms with Crippen molar-refractivity contribution in [2.24, 2.45) is 0 Å². The minimum absolute atomic E-state index is 0.730. The average Bonchev–Trinajstić information content (AvgIpc) is 1.72. The summed E-state index contributed by atoms with van der Waals surface area (Å²) in [5.74, 6) is 0. The molecule has 7 heteroatoms. The van der Waals surface area contributed by atoms with Gasteiger partial charge in [0, 0.05) is 0 Å². The Labute approximate surface area is 73.0 Å². The number of hydrogen-bond acceptors (Lipinski definition) is 3. The van der Waals surface area contributed by atoms with Crippen LogP contribution in [0, 0.1) is 0 Å². The number of rotatable bonds is 3. The van der Waals surface area contributed by atoms with Crippen LogP contribution in [0.5, 0.6) is 0 Å². The molecule has 0 spiro atoms. The number of hydrogen-bond donors (Lipinski definition) is 0. The van der Waals surface area contributed by atoms with E-state index in [9.17, 15) is 0 Å². The van der Waals surface area contributed by atoms with Gasteiger partial charge in [-0.25, -0.2) is 0 Å². The molecular weight excluding hydrogens is 156 g/mol. The van der Waals surface area contributed by atoms with Crippen molar-refractivity contribution in [3.05, 3.63) is 0 Å². The molecule has 0 heterocycles. The lowest BCUT2D eigenvalue weighted by atomic mass is 15.6. The fourth-order valence-electron chi connectivity index (χ4n) is 0.232. The predicted molar refractivity (Wildman–Crippen MR) is 33.2 cm³/mol. The van der Waals surface area contributed by atoms with Gasteiger partial charge in [-0.15, -0.1) is 0 Å². The SMILES string of the molecule is [AlH][O][Al]([O][AlH2])[O][AlH2]. The molecule has 35 valence electrons. The van der Waals surface area contributed by atoms with Gasteiger partial charge in [-0.3, -0.25) is 0 Å². The van der Waals surface area contributed by atoms with Crippen LogP contribution in [0.4, 0.5) is 0 Å². The van der Waals surface area contributed by atoms with E-state index in [1.54, 1.807) is 0 Å². The van der Waals surface area contributed by atoms with Crippen molar-refractivity contribution in [1.82, 2.24) is 0 Å². The second-order valence-electron chi connectivity index (χ2n) is 0.927. The highest BCUT2D eigenvalue weighted by molar-refractivity contribution is 6.50. The minimum atomic E-state index is -1.54. The van der Waals surface area contributed by atoms with Crippen LogP contribution in [-0.2, 0) is 8.52 Å². The van der Waals surface area contributed by atoms with Gasteiger partial charge in [0.25, 0.3) is 0 Å². The lowest BCUT2D eigenvalue weighted by Gasteiger charge is -2.06. The summed E-state index contributed by atoms with van der Waals surface area (Å²) in [6.45, 7) is 0. The van der Waals surface area contributed by atoms with Crippen LogP contribution in [0.25, 0.3) is 0 Å². The fourth-order valence-corrected chi connectivity index (χ4v) is 6.27. The molecule has 7 heavy (non-hydrogen) atoms. The van der Waals surface area contributed by atoms with Gasteiger partial charge in [-0.05, 0) is 0 Å². The minimum Gasteiger partial charge on any atom is -0.601 e. The highest BCUT2D eigenvalue weighted by atomic mass is 27.3. The van der Waals surface area contributed by atoms with Crippen LogP contribution in [0.3, 0.4) is 0 Å². The van der Waals surface area contributed by atoms with Crippen LogP contribution in [0.2, 0.25) is 0 Å². The standard InChI is InChI=1S/4Al.3O.5H. The molecule has 0 aromatic heterocycles. The van der Waals surface area contributed by atoms with Crippen molar-refractivity contribution >= 4 is 65.0 Å². The average molecular weight is 161 g/mol. The van der Waals surface area contributed by atoms with Gasteiger partial charge in [0.05, 0.1) is 0 Å². The van der Waals surface area contributed by atoms with E-state index in [4.69, 9.17) is 8.52 Å². The lowest BCUT2D eigenvalue weighted by Crippen LogP contribution is -2.23. The first-order chi connectivity index (χ1) is 3.35. The normalized spacial score (nSPS) is 8.57. The van der Waals surface area contributed by atoms with Crippen LogP contribution < -0.4 is 0 Å². The topological polar surface area (TPSA) is 27.7 Å². The Bertz CT molecular complexity index is 28.4. The molecule has 0 saturated carbocycles. The molecule has 3 nitrogen and oxygen atoms in total. The third-order valence-electron chi connectivity index (χ3n) is 0.521. The Morgan fingerprint density at radius 3 is 1.71 bits per heavy atom. The largest absolute Gasteiger partial charge is 0.810 e. The van der Waals surface area contributed by atoms with E-state index >= 15 is 0 Å². The molecule has 0 rings (SSSR count). The zero-order valence-corrected chi connectivity index (χ0v) is 11.1. The Kier molecular flexibility index (Phi) is 7.90. The maximum absolute atomic E-state index is 4.92. The van der Waals surface area contributed by atoms with Crippen molar-refractivity contribution in [2.45, 2.75) is 0 Å². The van der Waals surface area contributed by atoms with Crippen molar-refractivity contribution in [1.29, 1.82) is 0 Å². The summed E-state index contributed by atoms with van der Waals surface area (Å²) in [6.07, 6.45) is 0. The van der Waals surface area contributed by atoms with E-state index in [1.165, 1.54) is 16.6 Å². The highest BCUT2D eigenvalue weighted by Crippen LogP contribution is 1.78. The Hall–Kier alpha value is 2.01. The lowest BCUT2D eigenvalue weighted by molar-refractivity contribution is 0.347. The second-order valence-corrected chi connectivity index (χ2v) is 6.61. The van der Waals surface area contributed by atoms with Crippen molar-refractivity contribution in [3.8, 4) is 0 Å². The molecule has 1 radical (unpaired) electrons. The summed E-state index contributed by atoms with van der Waals surface area (Å²) in [5, 5.41) is 0. The third kappa shape index (κ3) is 4.51. The highest BCUT2D eigenvalue weighted by Gasteiger charge is 2.17. The first kappa shape index (κ1) is 9.01. The van der Waals surface area contributed by atoms with Gasteiger partial charge >= 0.3 is 65.0 Å². The third-order valence-corrected chi connectivity index (χ3v) is 4.69. The second kappa shape index (κ2) is 6.13. The predicted octanol–water partition coefficient (Wildman–Crippen LogP) is -3.07.